The van der Waals surface area contributed by atoms with Crippen LogP contribution in [-0.4, -0.2) is 39.7 Å². The number of hydrogen-bond acceptors (Lipinski definition) is 6. The van der Waals surface area contributed by atoms with E-state index in [4.69, 9.17) is 24.5 Å². The smallest absolute Gasteiger partial charge is 0.312 e. The number of rotatable bonds is 7. The molecule has 1 atom stereocenters. The Morgan fingerprint density at radius 3 is 2.48 bits per heavy atom. The van der Waals surface area contributed by atoms with Gasteiger partial charge >= 0.3 is 5.97 Å². The van der Waals surface area contributed by atoms with Gasteiger partial charge in [-0.1, -0.05) is 12.1 Å². The molecule has 2 aromatic rings. The van der Waals surface area contributed by atoms with Gasteiger partial charge in [0.25, 0.3) is 0 Å². The van der Waals surface area contributed by atoms with E-state index in [2.05, 4.69) is 4.98 Å². The maximum Gasteiger partial charge on any atom is 0.312 e. The molecule has 0 saturated heterocycles. The van der Waals surface area contributed by atoms with Gasteiger partial charge < -0.3 is 24.5 Å². The number of carboxylic acid groups (broad SMARTS) is 1. The molecule has 0 bridgehead atoms. The maximum atomic E-state index is 11.0. The average molecular weight is 321 g/mol. The molecule has 23 heavy (non-hydrogen) atoms. The molecule has 0 aliphatic heterocycles. The highest BCUT2D eigenvalue weighted by atomic mass is 16.5. The zero-order valence-corrected chi connectivity index (χ0v) is 12.9. The highest BCUT2D eigenvalue weighted by Crippen LogP contribution is 2.24. The number of methoxy groups -OCH3 is 1. The third-order valence-electron chi connectivity index (χ3n) is 3.49. The first-order valence-electron chi connectivity index (χ1n) is 7.06. The van der Waals surface area contributed by atoms with Crippen molar-refractivity contribution in [2.24, 2.45) is 5.92 Å². The predicted molar refractivity (Wildman–Crippen MR) is 80.4 cm³/mol. The van der Waals surface area contributed by atoms with E-state index in [1.165, 1.54) is 0 Å². The van der Waals surface area contributed by atoms with Gasteiger partial charge in [-0.3, -0.25) is 4.79 Å². The first-order valence-corrected chi connectivity index (χ1v) is 7.06. The second-order valence-corrected chi connectivity index (χ2v) is 5.21. The van der Waals surface area contributed by atoms with Crippen molar-refractivity contribution in [1.29, 1.82) is 0 Å². The van der Waals surface area contributed by atoms with Crippen molar-refractivity contribution < 1.29 is 29.3 Å². The van der Waals surface area contributed by atoms with Crippen LogP contribution in [0.2, 0.25) is 0 Å². The number of aromatic nitrogens is 1. The van der Waals surface area contributed by atoms with Crippen LogP contribution in [0.3, 0.4) is 0 Å². The Kier molecular flexibility index (Phi) is 5.49. The number of carboxylic acids is 1. The molecular formula is C16H19NO6. The molecule has 3 N–H and O–H groups in total. The lowest BCUT2D eigenvalue weighted by atomic mass is 10.0. The van der Waals surface area contributed by atoms with Gasteiger partial charge in [-0.25, -0.2) is 4.98 Å². The predicted octanol–water partition coefficient (Wildman–Crippen LogP) is 1.35. The molecule has 2 rings (SSSR count). The Labute approximate surface area is 133 Å². The third-order valence-corrected chi connectivity index (χ3v) is 3.49. The van der Waals surface area contributed by atoms with Gasteiger partial charge in [0, 0.05) is 19.1 Å². The van der Waals surface area contributed by atoms with E-state index in [1.54, 1.807) is 14.0 Å². The van der Waals surface area contributed by atoms with Crippen molar-refractivity contribution in [3.63, 3.8) is 0 Å². The monoisotopic (exact) mass is 321 g/mol. The summed E-state index contributed by atoms with van der Waals surface area (Å²) >= 11 is 0. The standard InChI is InChI=1S/C16H19NO6/c1-9-13(7-12(15(18)19)16(20)21)17-14(23-9)11-5-3-10(4-6-11)8-22-2/h3-6,12,15,18-19H,7-8H2,1-2H3,(H,20,21). The normalized spacial score (nSPS) is 12.6. The van der Waals surface area contributed by atoms with E-state index in [1.807, 2.05) is 24.3 Å². The van der Waals surface area contributed by atoms with Crippen LogP contribution in [0.25, 0.3) is 11.5 Å². The molecule has 0 aliphatic rings. The molecule has 0 spiro atoms. The summed E-state index contributed by atoms with van der Waals surface area (Å²) in [5, 5.41) is 27.3. The van der Waals surface area contributed by atoms with Gasteiger partial charge in [-0.05, 0) is 24.6 Å². The van der Waals surface area contributed by atoms with Crippen molar-refractivity contribution in [2.45, 2.75) is 26.2 Å². The van der Waals surface area contributed by atoms with Crippen LogP contribution in [0.15, 0.2) is 28.7 Å². The van der Waals surface area contributed by atoms with Crippen LogP contribution in [0, 0.1) is 12.8 Å². The van der Waals surface area contributed by atoms with E-state index in [-0.39, 0.29) is 6.42 Å². The molecule has 1 heterocycles. The van der Waals surface area contributed by atoms with E-state index in [9.17, 15) is 4.79 Å². The van der Waals surface area contributed by atoms with Crippen molar-refractivity contribution in [3.05, 3.63) is 41.3 Å². The first-order chi connectivity index (χ1) is 10.9. The van der Waals surface area contributed by atoms with E-state index >= 15 is 0 Å². The summed E-state index contributed by atoms with van der Waals surface area (Å²) in [6, 6.07) is 7.43. The van der Waals surface area contributed by atoms with Crippen LogP contribution in [-0.2, 0) is 22.6 Å². The van der Waals surface area contributed by atoms with E-state index < -0.39 is 18.2 Å². The summed E-state index contributed by atoms with van der Waals surface area (Å²) < 4.78 is 10.6. The van der Waals surface area contributed by atoms with Crippen molar-refractivity contribution in [2.75, 3.05) is 7.11 Å². The maximum absolute atomic E-state index is 11.0. The molecule has 0 aliphatic carbocycles. The van der Waals surface area contributed by atoms with E-state index in [0.717, 1.165) is 11.1 Å². The number of oxazole rings is 1. The highest BCUT2D eigenvalue weighted by molar-refractivity contribution is 5.70. The second-order valence-electron chi connectivity index (χ2n) is 5.21. The minimum absolute atomic E-state index is 0.121. The summed E-state index contributed by atoms with van der Waals surface area (Å²) in [7, 11) is 1.62. The zero-order chi connectivity index (χ0) is 17.0. The number of benzene rings is 1. The van der Waals surface area contributed by atoms with Crippen LogP contribution in [0.4, 0.5) is 0 Å². The van der Waals surface area contributed by atoms with Gasteiger partial charge in [0.05, 0.1) is 12.3 Å². The highest BCUT2D eigenvalue weighted by Gasteiger charge is 2.27. The zero-order valence-electron chi connectivity index (χ0n) is 12.9. The fourth-order valence-corrected chi connectivity index (χ4v) is 2.18. The molecule has 7 heteroatoms. The van der Waals surface area contributed by atoms with Gasteiger partial charge in [0.15, 0.2) is 6.29 Å². The Hall–Kier alpha value is -2.22. The Morgan fingerprint density at radius 2 is 1.96 bits per heavy atom. The largest absolute Gasteiger partial charge is 0.481 e. The first kappa shape index (κ1) is 17.1. The minimum atomic E-state index is -1.96. The Balaban J connectivity index is 2.21. The quantitative estimate of drug-likeness (QED) is 0.660. The second kappa shape index (κ2) is 7.36. The summed E-state index contributed by atoms with van der Waals surface area (Å²) in [4.78, 5) is 15.3. The minimum Gasteiger partial charge on any atom is -0.481 e. The summed E-state index contributed by atoms with van der Waals surface area (Å²) in [5.41, 5.74) is 2.14. The molecule has 1 unspecified atom stereocenters. The number of aliphatic hydroxyl groups excluding tert-OH is 1. The molecule has 7 nitrogen and oxygen atoms in total. The number of aliphatic carboxylic acids is 1. The number of nitrogens with zero attached hydrogens (tertiary/aromatic N) is 1. The fourth-order valence-electron chi connectivity index (χ4n) is 2.18. The summed E-state index contributed by atoms with van der Waals surface area (Å²) in [6.45, 7) is 2.17. The fraction of sp³-hybridized carbons (Fsp3) is 0.375. The Bertz CT molecular complexity index is 662. The number of hydrogen-bond donors (Lipinski definition) is 3. The van der Waals surface area contributed by atoms with Crippen LogP contribution < -0.4 is 0 Å². The van der Waals surface area contributed by atoms with Gasteiger partial charge in [-0.2, -0.15) is 0 Å². The van der Waals surface area contributed by atoms with Crippen LogP contribution >= 0.6 is 0 Å². The molecule has 1 aromatic carbocycles. The number of carbonyl (C=O) groups is 1. The average Bonchev–Trinajstić information content (AvgIpc) is 2.86. The van der Waals surface area contributed by atoms with Gasteiger partial charge in [0.1, 0.15) is 11.7 Å². The number of aryl methyl sites for hydroxylation is 1. The molecule has 1 aromatic heterocycles. The Morgan fingerprint density at radius 1 is 1.30 bits per heavy atom. The number of aliphatic hydroxyl groups is 2. The SMILES string of the molecule is COCc1ccc(-c2nc(CC(C(=O)O)C(O)O)c(C)o2)cc1. The van der Waals surface area contributed by atoms with Crippen LogP contribution in [0.5, 0.6) is 0 Å². The topological polar surface area (TPSA) is 113 Å². The summed E-state index contributed by atoms with van der Waals surface area (Å²) in [6.07, 6.45) is -2.08. The lowest BCUT2D eigenvalue weighted by molar-refractivity contribution is -0.158. The molecule has 0 radical (unpaired) electrons. The molecular weight excluding hydrogens is 302 g/mol. The lowest BCUT2D eigenvalue weighted by Crippen LogP contribution is -2.30. The van der Waals surface area contributed by atoms with Crippen molar-refractivity contribution >= 4 is 5.97 Å². The third kappa shape index (κ3) is 4.16. The molecule has 0 fully saturated rings. The van der Waals surface area contributed by atoms with E-state index in [0.29, 0.717) is 24.0 Å². The van der Waals surface area contributed by atoms with Crippen molar-refractivity contribution in [3.8, 4) is 11.5 Å². The molecule has 0 saturated carbocycles. The van der Waals surface area contributed by atoms with Gasteiger partial charge in [-0.15, -0.1) is 0 Å². The van der Waals surface area contributed by atoms with Crippen LogP contribution in [0.1, 0.15) is 17.0 Å². The van der Waals surface area contributed by atoms with Gasteiger partial charge in [0.2, 0.25) is 5.89 Å². The summed E-state index contributed by atoms with van der Waals surface area (Å²) in [5.74, 6) is -1.84. The lowest BCUT2D eigenvalue weighted by Gasteiger charge is -2.12. The van der Waals surface area contributed by atoms with Crippen molar-refractivity contribution in [1.82, 2.24) is 4.98 Å². The molecule has 0 amide bonds. The molecule has 124 valence electrons. The number of ether oxygens (including phenoxy) is 1.